The van der Waals surface area contributed by atoms with E-state index in [0.29, 0.717) is 29.7 Å². The van der Waals surface area contributed by atoms with Crippen molar-refractivity contribution in [1.82, 2.24) is 15.1 Å². The van der Waals surface area contributed by atoms with Gasteiger partial charge in [-0.3, -0.25) is 9.69 Å². The highest BCUT2D eigenvalue weighted by Crippen LogP contribution is 2.35. The van der Waals surface area contributed by atoms with Crippen LogP contribution in [-0.4, -0.2) is 61.5 Å². The molecule has 0 saturated carbocycles. The molecule has 3 rings (SSSR count). The minimum Gasteiger partial charge on any atom is -0.341 e. The average molecular weight is 316 g/mol. The van der Waals surface area contributed by atoms with E-state index < -0.39 is 0 Å². The third-order valence-electron chi connectivity index (χ3n) is 5.43. The smallest absolute Gasteiger partial charge is 0.236 e. The van der Waals surface area contributed by atoms with E-state index in [0.717, 1.165) is 39.3 Å². The first kappa shape index (κ1) is 17.0. The molecular formula is C16H30ClN3O. The Morgan fingerprint density at radius 3 is 2.57 bits per heavy atom. The summed E-state index contributed by atoms with van der Waals surface area (Å²) < 4.78 is 0. The maximum absolute atomic E-state index is 12.5. The maximum atomic E-state index is 12.5. The van der Waals surface area contributed by atoms with E-state index in [1.54, 1.807) is 0 Å². The number of nitrogens with zero attached hydrogens (tertiary/aromatic N) is 2. The van der Waals surface area contributed by atoms with Gasteiger partial charge in [-0.15, -0.1) is 12.4 Å². The predicted octanol–water partition coefficient (Wildman–Crippen LogP) is 1.60. The minimum absolute atomic E-state index is 0. The lowest BCUT2D eigenvalue weighted by Crippen LogP contribution is -2.47. The Morgan fingerprint density at radius 1 is 1.24 bits per heavy atom. The van der Waals surface area contributed by atoms with Crippen LogP contribution >= 0.6 is 12.4 Å². The van der Waals surface area contributed by atoms with E-state index in [-0.39, 0.29) is 12.4 Å². The standard InChI is InChI=1S/C16H29N3O.ClH/c1-13-7-14(2)9-19(8-13)15(20)10-18-6-4-16(12-18)3-5-17-11-16;/h13-14,17H,3-12H2,1-2H3;1H. The number of carbonyl (C=O) groups excluding carboxylic acids is 1. The molecule has 0 aromatic rings. The Morgan fingerprint density at radius 2 is 1.95 bits per heavy atom. The van der Waals surface area contributed by atoms with E-state index in [1.165, 1.54) is 19.3 Å². The third kappa shape index (κ3) is 3.91. The van der Waals surface area contributed by atoms with Gasteiger partial charge in [-0.25, -0.2) is 0 Å². The van der Waals surface area contributed by atoms with Gasteiger partial charge in [0.1, 0.15) is 0 Å². The van der Waals surface area contributed by atoms with Crippen LogP contribution in [0.5, 0.6) is 0 Å². The number of likely N-dealkylation sites (tertiary alicyclic amines) is 2. The van der Waals surface area contributed by atoms with Gasteiger partial charge in [0.05, 0.1) is 6.54 Å². The maximum Gasteiger partial charge on any atom is 0.236 e. The second kappa shape index (κ2) is 6.84. The van der Waals surface area contributed by atoms with Crippen LogP contribution in [0.4, 0.5) is 0 Å². The number of nitrogens with one attached hydrogen (secondary N) is 1. The molecule has 3 saturated heterocycles. The molecule has 0 aliphatic carbocycles. The molecule has 1 N–H and O–H groups in total. The number of halogens is 1. The van der Waals surface area contributed by atoms with Crippen LogP contribution in [0.2, 0.25) is 0 Å². The SMILES string of the molecule is CC1CC(C)CN(C(=O)CN2CCC3(CCNC3)C2)C1.Cl. The molecule has 1 spiro atoms. The Labute approximate surface area is 135 Å². The lowest BCUT2D eigenvalue weighted by molar-refractivity contribution is -0.134. The quantitative estimate of drug-likeness (QED) is 0.841. The average Bonchev–Trinajstić information content (AvgIpc) is 2.99. The van der Waals surface area contributed by atoms with Crippen LogP contribution in [0, 0.1) is 17.3 Å². The van der Waals surface area contributed by atoms with Crippen molar-refractivity contribution in [2.75, 3.05) is 45.8 Å². The Bertz CT molecular complexity index is 361. The molecule has 3 fully saturated rings. The molecule has 1 amide bonds. The second-order valence-corrected chi connectivity index (χ2v) is 7.63. The van der Waals surface area contributed by atoms with E-state index in [4.69, 9.17) is 0 Å². The first-order chi connectivity index (χ1) is 9.56. The van der Waals surface area contributed by atoms with Gasteiger partial charge in [-0.1, -0.05) is 13.8 Å². The monoisotopic (exact) mass is 315 g/mol. The van der Waals surface area contributed by atoms with Crippen molar-refractivity contribution in [3.05, 3.63) is 0 Å². The predicted molar refractivity (Wildman–Crippen MR) is 87.7 cm³/mol. The van der Waals surface area contributed by atoms with Crippen LogP contribution in [0.25, 0.3) is 0 Å². The Balaban J connectivity index is 0.00000161. The van der Waals surface area contributed by atoms with E-state index in [1.807, 2.05) is 0 Å². The zero-order chi connectivity index (χ0) is 14.2. The molecule has 3 atom stereocenters. The molecule has 3 aliphatic rings. The van der Waals surface area contributed by atoms with Gasteiger partial charge in [0.15, 0.2) is 0 Å². The summed E-state index contributed by atoms with van der Waals surface area (Å²) in [5.74, 6) is 1.67. The fourth-order valence-electron chi connectivity index (χ4n) is 4.46. The van der Waals surface area contributed by atoms with Gasteiger partial charge < -0.3 is 10.2 Å². The highest BCUT2D eigenvalue weighted by atomic mass is 35.5. The zero-order valence-corrected chi connectivity index (χ0v) is 14.3. The molecule has 3 unspecified atom stereocenters. The van der Waals surface area contributed by atoms with Crippen molar-refractivity contribution >= 4 is 18.3 Å². The summed E-state index contributed by atoms with van der Waals surface area (Å²) in [6.07, 6.45) is 3.82. The largest absolute Gasteiger partial charge is 0.341 e. The Kier molecular flexibility index (Phi) is 5.55. The zero-order valence-electron chi connectivity index (χ0n) is 13.4. The van der Waals surface area contributed by atoms with Gasteiger partial charge in [0.2, 0.25) is 5.91 Å². The molecule has 21 heavy (non-hydrogen) atoms. The Hall–Kier alpha value is -0.320. The number of hydrogen-bond acceptors (Lipinski definition) is 3. The number of hydrogen-bond donors (Lipinski definition) is 1. The summed E-state index contributed by atoms with van der Waals surface area (Å²) in [5.41, 5.74) is 0.475. The van der Waals surface area contributed by atoms with Gasteiger partial charge in [-0.05, 0) is 49.6 Å². The van der Waals surface area contributed by atoms with Gasteiger partial charge in [0, 0.05) is 26.2 Å². The molecule has 122 valence electrons. The number of amides is 1. The molecule has 5 heteroatoms. The fraction of sp³-hybridized carbons (Fsp3) is 0.938. The summed E-state index contributed by atoms with van der Waals surface area (Å²) in [5, 5.41) is 3.48. The molecule has 4 nitrogen and oxygen atoms in total. The van der Waals surface area contributed by atoms with Crippen LogP contribution in [0.15, 0.2) is 0 Å². The fourth-order valence-corrected chi connectivity index (χ4v) is 4.46. The summed E-state index contributed by atoms with van der Waals surface area (Å²) >= 11 is 0. The van der Waals surface area contributed by atoms with Crippen LogP contribution in [0.3, 0.4) is 0 Å². The lowest BCUT2D eigenvalue weighted by Gasteiger charge is -2.36. The topological polar surface area (TPSA) is 35.6 Å². The van der Waals surface area contributed by atoms with Crippen molar-refractivity contribution in [1.29, 1.82) is 0 Å². The summed E-state index contributed by atoms with van der Waals surface area (Å²) in [4.78, 5) is 17.0. The molecule has 0 aromatic carbocycles. The van der Waals surface area contributed by atoms with Crippen molar-refractivity contribution in [2.45, 2.75) is 33.1 Å². The molecular weight excluding hydrogens is 286 g/mol. The third-order valence-corrected chi connectivity index (χ3v) is 5.43. The van der Waals surface area contributed by atoms with Crippen LogP contribution in [-0.2, 0) is 4.79 Å². The van der Waals surface area contributed by atoms with Gasteiger partial charge >= 0.3 is 0 Å². The van der Waals surface area contributed by atoms with Crippen molar-refractivity contribution in [3.63, 3.8) is 0 Å². The molecule has 0 bridgehead atoms. The summed E-state index contributed by atoms with van der Waals surface area (Å²) in [7, 11) is 0. The van der Waals surface area contributed by atoms with Gasteiger partial charge in [0.25, 0.3) is 0 Å². The number of piperidine rings is 1. The van der Waals surface area contributed by atoms with E-state index in [2.05, 4.69) is 29.0 Å². The number of rotatable bonds is 2. The normalized spacial score (nSPS) is 37.0. The first-order valence-electron chi connectivity index (χ1n) is 8.27. The van der Waals surface area contributed by atoms with E-state index in [9.17, 15) is 4.79 Å². The van der Waals surface area contributed by atoms with Gasteiger partial charge in [-0.2, -0.15) is 0 Å². The molecule has 3 heterocycles. The number of carbonyl (C=O) groups is 1. The minimum atomic E-state index is 0. The van der Waals surface area contributed by atoms with Crippen molar-refractivity contribution in [3.8, 4) is 0 Å². The highest BCUT2D eigenvalue weighted by molar-refractivity contribution is 5.85. The van der Waals surface area contributed by atoms with E-state index >= 15 is 0 Å². The molecule has 3 aliphatic heterocycles. The second-order valence-electron chi connectivity index (χ2n) is 7.63. The van der Waals surface area contributed by atoms with Crippen molar-refractivity contribution in [2.24, 2.45) is 17.3 Å². The van der Waals surface area contributed by atoms with Crippen LogP contribution in [0.1, 0.15) is 33.1 Å². The molecule has 0 radical (unpaired) electrons. The van der Waals surface area contributed by atoms with Crippen LogP contribution < -0.4 is 5.32 Å². The first-order valence-corrected chi connectivity index (χ1v) is 8.27. The summed E-state index contributed by atoms with van der Waals surface area (Å²) in [6.45, 7) is 11.6. The molecule has 0 aromatic heterocycles. The lowest BCUT2D eigenvalue weighted by atomic mass is 9.87. The highest BCUT2D eigenvalue weighted by Gasteiger charge is 2.41. The summed E-state index contributed by atoms with van der Waals surface area (Å²) in [6, 6.07) is 0. The van der Waals surface area contributed by atoms with Crippen molar-refractivity contribution < 1.29 is 4.79 Å².